The van der Waals surface area contributed by atoms with Gasteiger partial charge >= 0.3 is 0 Å². The summed E-state index contributed by atoms with van der Waals surface area (Å²) in [5, 5.41) is 0. The third-order valence-electron chi connectivity index (χ3n) is 2.94. The molecule has 0 saturated carbocycles. The summed E-state index contributed by atoms with van der Waals surface area (Å²) < 4.78 is 23.6. The normalized spacial score (nSPS) is 28.4. The van der Waals surface area contributed by atoms with Crippen LogP contribution in [0.2, 0.25) is 0 Å². The average Bonchev–Trinajstić information content (AvgIpc) is 2.25. The van der Waals surface area contributed by atoms with Crippen molar-refractivity contribution >= 4 is 9.84 Å². The molecule has 4 N–H and O–H groups in total. The Morgan fingerprint density at radius 2 is 2.00 bits per heavy atom. The zero-order valence-corrected chi connectivity index (χ0v) is 9.13. The lowest BCUT2D eigenvalue weighted by Gasteiger charge is -2.34. The van der Waals surface area contributed by atoms with Crippen molar-refractivity contribution in [2.24, 2.45) is 11.5 Å². The lowest BCUT2D eigenvalue weighted by Crippen LogP contribution is -2.48. The van der Waals surface area contributed by atoms with Gasteiger partial charge in [-0.15, -0.1) is 0 Å². The van der Waals surface area contributed by atoms with Crippen LogP contribution in [0.3, 0.4) is 0 Å². The van der Waals surface area contributed by atoms with E-state index in [0.29, 0.717) is 16.9 Å². The van der Waals surface area contributed by atoms with Crippen molar-refractivity contribution in [1.82, 2.24) is 0 Å². The van der Waals surface area contributed by atoms with E-state index in [-0.39, 0.29) is 12.3 Å². The smallest absolute Gasteiger partial charge is 0.178 e. The first-order chi connectivity index (χ1) is 6.99. The molecule has 82 valence electrons. The van der Waals surface area contributed by atoms with E-state index in [4.69, 9.17) is 11.5 Å². The van der Waals surface area contributed by atoms with E-state index in [1.807, 2.05) is 0 Å². The summed E-state index contributed by atoms with van der Waals surface area (Å²) in [7, 11) is -3.16. The Bertz CT molecular complexity index is 484. The van der Waals surface area contributed by atoms with Gasteiger partial charge in [0.1, 0.15) is 0 Å². The summed E-state index contributed by atoms with van der Waals surface area (Å²) in [5.41, 5.74) is 11.7. The van der Waals surface area contributed by atoms with Crippen molar-refractivity contribution in [2.75, 3.05) is 12.3 Å². The van der Waals surface area contributed by atoms with Gasteiger partial charge in [-0.1, -0.05) is 18.2 Å². The molecular weight excluding hydrogens is 212 g/mol. The summed E-state index contributed by atoms with van der Waals surface area (Å²) in [6.45, 7) is 0.263. The fourth-order valence-electron chi connectivity index (χ4n) is 1.92. The monoisotopic (exact) mass is 226 g/mol. The number of fused-ring (bicyclic) bond motifs is 1. The highest BCUT2D eigenvalue weighted by atomic mass is 32.2. The Morgan fingerprint density at radius 1 is 1.33 bits per heavy atom. The standard InChI is InChI=1S/C10H14N2O2S/c11-7-10(12)5-6-15(13,14)9-4-2-1-3-8(9)10/h1-4H,5-7,11-12H2. The predicted molar refractivity (Wildman–Crippen MR) is 58.0 cm³/mol. The summed E-state index contributed by atoms with van der Waals surface area (Å²) in [6, 6.07) is 6.84. The quantitative estimate of drug-likeness (QED) is 0.704. The molecule has 0 amide bonds. The lowest BCUT2D eigenvalue weighted by molar-refractivity contribution is 0.418. The van der Waals surface area contributed by atoms with Crippen LogP contribution in [-0.4, -0.2) is 20.7 Å². The van der Waals surface area contributed by atoms with Crippen LogP contribution in [0.4, 0.5) is 0 Å². The van der Waals surface area contributed by atoms with Crippen molar-refractivity contribution in [3.05, 3.63) is 29.8 Å². The number of nitrogens with two attached hydrogens (primary N) is 2. The number of sulfone groups is 1. The van der Waals surface area contributed by atoms with Gasteiger partial charge in [0.25, 0.3) is 0 Å². The van der Waals surface area contributed by atoms with Crippen molar-refractivity contribution in [1.29, 1.82) is 0 Å². The van der Waals surface area contributed by atoms with Crippen molar-refractivity contribution in [2.45, 2.75) is 16.9 Å². The first-order valence-electron chi connectivity index (χ1n) is 4.81. The molecule has 1 aliphatic rings. The van der Waals surface area contributed by atoms with Gasteiger partial charge < -0.3 is 11.5 Å². The molecule has 2 rings (SSSR count). The number of benzene rings is 1. The summed E-state index contributed by atoms with van der Waals surface area (Å²) in [4.78, 5) is 0.337. The van der Waals surface area contributed by atoms with Gasteiger partial charge in [0.15, 0.2) is 9.84 Å². The van der Waals surface area contributed by atoms with Crippen LogP contribution in [0.5, 0.6) is 0 Å². The predicted octanol–water partition coefficient (Wildman–Crippen LogP) is -0.0233. The Balaban J connectivity index is 2.69. The van der Waals surface area contributed by atoms with E-state index in [9.17, 15) is 8.42 Å². The molecule has 1 unspecified atom stereocenters. The number of rotatable bonds is 1. The van der Waals surface area contributed by atoms with Crippen molar-refractivity contribution in [3.8, 4) is 0 Å². The maximum atomic E-state index is 11.8. The molecule has 1 atom stereocenters. The van der Waals surface area contributed by atoms with E-state index in [1.54, 1.807) is 24.3 Å². The van der Waals surface area contributed by atoms with Gasteiger partial charge in [-0.25, -0.2) is 8.42 Å². The molecule has 0 aliphatic carbocycles. The Hall–Kier alpha value is -0.910. The molecule has 4 nitrogen and oxygen atoms in total. The van der Waals surface area contributed by atoms with Crippen LogP contribution in [0.15, 0.2) is 29.2 Å². The molecule has 0 spiro atoms. The first-order valence-corrected chi connectivity index (χ1v) is 6.46. The minimum Gasteiger partial charge on any atom is -0.328 e. The van der Waals surface area contributed by atoms with Crippen LogP contribution in [0.25, 0.3) is 0 Å². The molecule has 0 aromatic heterocycles. The molecule has 15 heavy (non-hydrogen) atoms. The lowest BCUT2D eigenvalue weighted by atomic mass is 9.88. The second-order valence-corrected chi connectivity index (χ2v) is 6.00. The van der Waals surface area contributed by atoms with Crippen LogP contribution < -0.4 is 11.5 Å². The fraction of sp³-hybridized carbons (Fsp3) is 0.400. The minimum absolute atomic E-state index is 0.0811. The Labute approximate surface area is 89.2 Å². The second-order valence-electron chi connectivity index (χ2n) is 3.93. The fourth-order valence-corrected chi connectivity index (χ4v) is 3.67. The van der Waals surface area contributed by atoms with Crippen LogP contribution in [0, 0.1) is 0 Å². The average molecular weight is 226 g/mol. The number of hydrogen-bond donors (Lipinski definition) is 2. The summed E-state index contributed by atoms with van der Waals surface area (Å²) in [6.07, 6.45) is 0.392. The largest absolute Gasteiger partial charge is 0.328 e. The summed E-state index contributed by atoms with van der Waals surface area (Å²) >= 11 is 0. The maximum absolute atomic E-state index is 11.8. The highest BCUT2D eigenvalue weighted by Gasteiger charge is 2.37. The summed E-state index contributed by atoms with van der Waals surface area (Å²) in [5.74, 6) is 0.0811. The first kappa shape index (κ1) is 10.6. The SMILES string of the molecule is NCC1(N)CCS(=O)(=O)c2ccccc21. The molecule has 1 aromatic carbocycles. The molecule has 1 heterocycles. The van der Waals surface area contributed by atoms with Gasteiger partial charge in [0, 0.05) is 6.54 Å². The van der Waals surface area contributed by atoms with Gasteiger partial charge in [0.2, 0.25) is 0 Å². The molecule has 0 bridgehead atoms. The van der Waals surface area contributed by atoms with Crippen molar-refractivity contribution < 1.29 is 8.42 Å². The molecule has 0 fully saturated rings. The molecular formula is C10H14N2O2S. The molecule has 1 aromatic rings. The van der Waals surface area contributed by atoms with E-state index in [2.05, 4.69) is 0 Å². The van der Waals surface area contributed by atoms with Crippen LogP contribution in [-0.2, 0) is 15.4 Å². The number of hydrogen-bond acceptors (Lipinski definition) is 4. The Kier molecular flexibility index (Phi) is 2.33. The molecule has 1 aliphatic heterocycles. The highest BCUT2D eigenvalue weighted by Crippen LogP contribution is 2.34. The van der Waals surface area contributed by atoms with Gasteiger partial charge in [-0.2, -0.15) is 0 Å². The van der Waals surface area contributed by atoms with E-state index < -0.39 is 15.4 Å². The minimum atomic E-state index is -3.16. The maximum Gasteiger partial charge on any atom is 0.178 e. The van der Waals surface area contributed by atoms with Crippen LogP contribution in [0.1, 0.15) is 12.0 Å². The van der Waals surface area contributed by atoms with E-state index >= 15 is 0 Å². The third-order valence-corrected chi connectivity index (χ3v) is 4.71. The Morgan fingerprint density at radius 3 is 2.67 bits per heavy atom. The molecule has 0 saturated heterocycles. The topological polar surface area (TPSA) is 86.2 Å². The highest BCUT2D eigenvalue weighted by molar-refractivity contribution is 7.91. The second kappa shape index (κ2) is 3.30. The zero-order valence-electron chi connectivity index (χ0n) is 8.31. The van der Waals surface area contributed by atoms with Crippen LogP contribution >= 0.6 is 0 Å². The van der Waals surface area contributed by atoms with E-state index in [0.717, 1.165) is 0 Å². The van der Waals surface area contributed by atoms with Gasteiger partial charge in [0.05, 0.1) is 16.2 Å². The zero-order chi connectivity index (χ0) is 11.1. The van der Waals surface area contributed by atoms with Gasteiger partial charge in [-0.3, -0.25) is 0 Å². The molecule has 5 heteroatoms. The van der Waals surface area contributed by atoms with E-state index in [1.165, 1.54) is 0 Å². The van der Waals surface area contributed by atoms with Gasteiger partial charge in [-0.05, 0) is 18.1 Å². The van der Waals surface area contributed by atoms with Crippen molar-refractivity contribution in [3.63, 3.8) is 0 Å². The molecule has 0 radical (unpaired) electrons. The third kappa shape index (κ3) is 1.56.